The lowest BCUT2D eigenvalue weighted by Gasteiger charge is -1.99. The smallest absolute Gasteiger partial charge is 0.275 e. The van der Waals surface area contributed by atoms with Gasteiger partial charge in [0.05, 0.1) is 15.9 Å². The summed E-state index contributed by atoms with van der Waals surface area (Å²) < 4.78 is 3.26. The summed E-state index contributed by atoms with van der Waals surface area (Å²) in [5.41, 5.74) is 2.20. The molecule has 10 heteroatoms. The second kappa shape index (κ2) is 7.61. The minimum absolute atomic E-state index is 0.102. The highest BCUT2D eigenvalue weighted by Crippen LogP contribution is 2.32. The molecule has 1 amide bonds. The molecular weight excluding hydrogens is 414 g/mol. The summed E-state index contributed by atoms with van der Waals surface area (Å²) in [7, 11) is 0. The zero-order valence-electron chi connectivity index (χ0n) is 15.4. The van der Waals surface area contributed by atoms with Crippen LogP contribution in [0, 0.1) is 0 Å². The second-order valence-electron chi connectivity index (χ2n) is 6.51. The number of carbonyl (C=O) groups excluding carboxylic acids is 1. The van der Waals surface area contributed by atoms with E-state index in [1.165, 1.54) is 28.8 Å². The monoisotopic (exact) mass is 431 g/mol. The van der Waals surface area contributed by atoms with Gasteiger partial charge in [0.2, 0.25) is 10.9 Å². The predicted molar refractivity (Wildman–Crippen MR) is 115 cm³/mol. The van der Waals surface area contributed by atoms with Gasteiger partial charge in [-0.2, -0.15) is 9.61 Å². The molecule has 0 saturated carbocycles. The number of aromatic nitrogens is 4. The normalized spacial score (nSPS) is 11.6. The first-order valence-corrected chi connectivity index (χ1v) is 11.2. The third kappa shape index (κ3) is 3.94. The predicted octanol–water partition coefficient (Wildman–Crippen LogP) is 4.13. The Labute approximate surface area is 172 Å². The van der Waals surface area contributed by atoms with Crippen LogP contribution in [0.4, 0.5) is 5.69 Å². The van der Waals surface area contributed by atoms with Crippen LogP contribution in [0.15, 0.2) is 33.4 Å². The van der Waals surface area contributed by atoms with E-state index in [-0.39, 0.29) is 17.4 Å². The highest BCUT2D eigenvalue weighted by Gasteiger charge is 2.12. The van der Waals surface area contributed by atoms with Gasteiger partial charge in [0, 0.05) is 30.3 Å². The van der Waals surface area contributed by atoms with E-state index in [0.717, 1.165) is 25.3 Å². The van der Waals surface area contributed by atoms with Gasteiger partial charge in [-0.1, -0.05) is 36.9 Å². The van der Waals surface area contributed by atoms with Crippen LogP contribution in [0.3, 0.4) is 0 Å². The molecule has 3 aromatic heterocycles. The average molecular weight is 432 g/mol. The van der Waals surface area contributed by atoms with Gasteiger partial charge in [0.1, 0.15) is 5.01 Å². The minimum atomic E-state index is -0.159. The average Bonchev–Trinajstić information content (AvgIpc) is 3.23. The highest BCUT2D eigenvalue weighted by molar-refractivity contribution is 8.00. The fraction of sp³-hybridized carbons (Fsp3) is 0.278. The fourth-order valence-corrected chi connectivity index (χ4v) is 5.49. The zero-order valence-corrected chi connectivity index (χ0v) is 17.9. The quantitative estimate of drug-likeness (QED) is 0.478. The third-order valence-electron chi connectivity index (χ3n) is 3.84. The Hall–Kier alpha value is -2.30. The van der Waals surface area contributed by atoms with Crippen molar-refractivity contribution in [3.8, 4) is 0 Å². The SMILES string of the molecule is CC(=O)Nc1ccc2nc(SCc3cc(=O)n4nc(C(C)C)sc4n3)sc2c1. The van der Waals surface area contributed by atoms with Crippen LogP contribution in [0.1, 0.15) is 37.4 Å². The molecule has 7 nitrogen and oxygen atoms in total. The van der Waals surface area contributed by atoms with Gasteiger partial charge in [0.15, 0.2) is 4.34 Å². The fourth-order valence-electron chi connectivity index (χ4n) is 2.56. The summed E-state index contributed by atoms with van der Waals surface area (Å²) in [4.78, 5) is 33.3. The summed E-state index contributed by atoms with van der Waals surface area (Å²) in [5.74, 6) is 0.711. The molecule has 4 rings (SSSR count). The van der Waals surface area contributed by atoms with Crippen molar-refractivity contribution < 1.29 is 4.79 Å². The lowest BCUT2D eigenvalue weighted by molar-refractivity contribution is -0.114. The van der Waals surface area contributed by atoms with E-state index in [2.05, 4.69) is 20.4 Å². The van der Waals surface area contributed by atoms with Gasteiger partial charge in [0.25, 0.3) is 5.56 Å². The lowest BCUT2D eigenvalue weighted by atomic mass is 10.2. The van der Waals surface area contributed by atoms with Crippen LogP contribution < -0.4 is 10.9 Å². The van der Waals surface area contributed by atoms with E-state index in [9.17, 15) is 9.59 Å². The van der Waals surface area contributed by atoms with Crippen molar-refractivity contribution in [3.63, 3.8) is 0 Å². The number of hydrogen-bond donors (Lipinski definition) is 1. The number of nitrogens with one attached hydrogen (secondary N) is 1. The number of fused-ring (bicyclic) bond motifs is 2. The van der Waals surface area contributed by atoms with Crippen LogP contribution >= 0.6 is 34.4 Å². The highest BCUT2D eigenvalue weighted by atomic mass is 32.2. The van der Waals surface area contributed by atoms with E-state index >= 15 is 0 Å². The lowest BCUT2D eigenvalue weighted by Crippen LogP contribution is -2.15. The Morgan fingerprint density at radius 2 is 2.07 bits per heavy atom. The van der Waals surface area contributed by atoms with Crippen molar-refractivity contribution in [1.82, 2.24) is 19.6 Å². The Kier molecular flexibility index (Phi) is 5.17. The van der Waals surface area contributed by atoms with Gasteiger partial charge in [-0.15, -0.1) is 11.3 Å². The Morgan fingerprint density at radius 3 is 2.82 bits per heavy atom. The molecule has 0 radical (unpaired) electrons. The summed E-state index contributed by atoms with van der Waals surface area (Å²) in [5, 5.41) is 8.02. The molecule has 0 atom stereocenters. The zero-order chi connectivity index (χ0) is 19.8. The molecule has 0 aliphatic carbocycles. The summed E-state index contributed by atoms with van der Waals surface area (Å²) in [6, 6.07) is 7.18. The maximum Gasteiger partial charge on any atom is 0.275 e. The van der Waals surface area contributed by atoms with E-state index in [1.54, 1.807) is 23.1 Å². The third-order valence-corrected chi connectivity index (χ3v) is 7.24. The van der Waals surface area contributed by atoms with E-state index < -0.39 is 0 Å². The van der Waals surface area contributed by atoms with Crippen LogP contribution in [-0.4, -0.2) is 25.5 Å². The van der Waals surface area contributed by atoms with Crippen LogP contribution in [0.25, 0.3) is 15.2 Å². The van der Waals surface area contributed by atoms with E-state index in [0.29, 0.717) is 16.4 Å². The standard InChI is InChI=1S/C18H17N5O2S3/c1-9(2)16-22-23-15(25)7-12(20-17(23)28-16)8-26-18-21-13-5-4-11(19-10(3)24)6-14(13)27-18/h4-7,9H,8H2,1-3H3,(H,19,24). The van der Waals surface area contributed by atoms with Gasteiger partial charge in [-0.25, -0.2) is 9.97 Å². The molecule has 0 bridgehead atoms. The first-order valence-electron chi connectivity index (χ1n) is 8.60. The molecule has 3 heterocycles. The Balaban J connectivity index is 1.55. The maximum absolute atomic E-state index is 12.3. The molecule has 0 unspecified atom stereocenters. The summed E-state index contributed by atoms with van der Waals surface area (Å²) in [6.07, 6.45) is 0. The van der Waals surface area contributed by atoms with Crippen molar-refractivity contribution >= 4 is 61.2 Å². The first kappa shape index (κ1) is 19.0. The number of amides is 1. The Morgan fingerprint density at radius 1 is 1.25 bits per heavy atom. The van der Waals surface area contributed by atoms with Gasteiger partial charge in [-0.3, -0.25) is 9.59 Å². The molecule has 0 aliphatic rings. The first-order chi connectivity index (χ1) is 13.4. The van der Waals surface area contributed by atoms with Crippen LogP contribution in [0.5, 0.6) is 0 Å². The number of thioether (sulfide) groups is 1. The molecular formula is C18H17N5O2S3. The maximum atomic E-state index is 12.3. The molecule has 0 spiro atoms. The van der Waals surface area contributed by atoms with Gasteiger partial charge in [-0.05, 0) is 18.2 Å². The van der Waals surface area contributed by atoms with E-state index in [4.69, 9.17) is 0 Å². The largest absolute Gasteiger partial charge is 0.326 e. The van der Waals surface area contributed by atoms with Crippen molar-refractivity contribution in [2.45, 2.75) is 36.8 Å². The van der Waals surface area contributed by atoms with Crippen molar-refractivity contribution in [2.24, 2.45) is 0 Å². The molecule has 28 heavy (non-hydrogen) atoms. The minimum Gasteiger partial charge on any atom is -0.326 e. The van der Waals surface area contributed by atoms with Crippen molar-refractivity contribution in [2.75, 3.05) is 5.32 Å². The van der Waals surface area contributed by atoms with Crippen LogP contribution in [0.2, 0.25) is 0 Å². The summed E-state index contributed by atoms with van der Waals surface area (Å²) in [6.45, 7) is 5.58. The van der Waals surface area contributed by atoms with Gasteiger partial charge < -0.3 is 5.32 Å². The number of rotatable bonds is 5. The molecule has 144 valence electrons. The van der Waals surface area contributed by atoms with Crippen LogP contribution in [-0.2, 0) is 10.5 Å². The molecule has 4 aromatic rings. The Bertz CT molecular complexity index is 1240. The number of thiazole rings is 1. The number of anilines is 1. The molecule has 0 saturated heterocycles. The molecule has 0 aliphatic heterocycles. The van der Waals surface area contributed by atoms with E-state index in [1.807, 2.05) is 32.0 Å². The number of hydrogen-bond acceptors (Lipinski definition) is 8. The molecule has 1 N–H and O–H groups in total. The van der Waals surface area contributed by atoms with Gasteiger partial charge >= 0.3 is 0 Å². The molecule has 0 fully saturated rings. The molecule has 1 aromatic carbocycles. The summed E-state index contributed by atoms with van der Waals surface area (Å²) >= 11 is 4.55. The number of carbonyl (C=O) groups is 1. The second-order valence-corrected chi connectivity index (χ2v) is 9.75. The van der Waals surface area contributed by atoms with Crippen molar-refractivity contribution in [3.05, 3.63) is 45.3 Å². The van der Waals surface area contributed by atoms with Crippen molar-refractivity contribution in [1.29, 1.82) is 0 Å². The number of benzene rings is 1. The topological polar surface area (TPSA) is 89.2 Å². The number of nitrogens with zero attached hydrogens (tertiary/aromatic N) is 4.